The Morgan fingerprint density at radius 3 is 2.84 bits per heavy atom. The van der Waals surface area contributed by atoms with Crippen LogP contribution in [0.5, 0.6) is 0 Å². The summed E-state index contributed by atoms with van der Waals surface area (Å²) in [5, 5.41) is 1.15. The summed E-state index contributed by atoms with van der Waals surface area (Å²) >= 11 is 0. The summed E-state index contributed by atoms with van der Waals surface area (Å²) in [6.45, 7) is 8.21. The van der Waals surface area contributed by atoms with Crippen molar-refractivity contribution >= 4 is 10.9 Å². The fraction of sp³-hybridized carbons (Fsp3) is 0.312. The number of hydrogen-bond acceptors (Lipinski definition) is 3. The highest BCUT2D eigenvalue weighted by atomic mass is 15.2. The predicted octanol–water partition coefficient (Wildman–Crippen LogP) is 3.40. The molecule has 0 aliphatic carbocycles. The van der Waals surface area contributed by atoms with Crippen LogP contribution in [0, 0.1) is 6.92 Å². The maximum Gasteiger partial charge on any atom is 0.0708 e. The number of fused-ring (bicyclic) bond motifs is 1. The molecule has 1 unspecified atom stereocenters. The van der Waals surface area contributed by atoms with E-state index in [0.29, 0.717) is 0 Å². The van der Waals surface area contributed by atoms with E-state index in [-0.39, 0.29) is 6.04 Å². The molecule has 0 amide bonds. The van der Waals surface area contributed by atoms with Gasteiger partial charge in [-0.2, -0.15) is 0 Å². The second-order valence-electron chi connectivity index (χ2n) is 4.90. The standard InChI is InChI=1S/C16H21N3/c1-4-11(2)9-16(19-17)14-10-12(3)18-15-8-6-5-7-13(14)15/h5-8,10,16,19H,2,4,9,17H2,1,3H3. The second-order valence-corrected chi connectivity index (χ2v) is 4.90. The summed E-state index contributed by atoms with van der Waals surface area (Å²) in [6, 6.07) is 10.4. The highest BCUT2D eigenvalue weighted by molar-refractivity contribution is 5.82. The Hall–Kier alpha value is -1.71. The van der Waals surface area contributed by atoms with Crippen molar-refractivity contribution in [2.45, 2.75) is 32.7 Å². The quantitative estimate of drug-likeness (QED) is 0.489. The van der Waals surface area contributed by atoms with Crippen LogP contribution in [0.25, 0.3) is 10.9 Å². The van der Waals surface area contributed by atoms with Crippen LogP contribution in [0.2, 0.25) is 0 Å². The number of nitrogens with one attached hydrogen (secondary N) is 1. The molecule has 100 valence electrons. The van der Waals surface area contributed by atoms with Crippen molar-refractivity contribution in [1.82, 2.24) is 10.4 Å². The summed E-state index contributed by atoms with van der Waals surface area (Å²) in [5.41, 5.74) is 7.33. The first kappa shape index (κ1) is 13.7. The summed E-state index contributed by atoms with van der Waals surface area (Å²) in [4.78, 5) is 4.56. The number of nitrogens with two attached hydrogens (primary N) is 1. The first-order chi connectivity index (χ1) is 9.15. The molecule has 0 bridgehead atoms. The van der Waals surface area contributed by atoms with E-state index >= 15 is 0 Å². The van der Waals surface area contributed by atoms with E-state index in [1.54, 1.807) is 0 Å². The Balaban J connectivity index is 2.49. The lowest BCUT2D eigenvalue weighted by Crippen LogP contribution is -2.28. The van der Waals surface area contributed by atoms with Crippen molar-refractivity contribution in [2.24, 2.45) is 5.84 Å². The number of rotatable bonds is 5. The molecule has 0 saturated heterocycles. The van der Waals surface area contributed by atoms with Crippen molar-refractivity contribution in [3.63, 3.8) is 0 Å². The first-order valence-electron chi connectivity index (χ1n) is 6.64. The molecule has 3 heteroatoms. The zero-order valence-corrected chi connectivity index (χ0v) is 11.6. The number of hydrogen-bond donors (Lipinski definition) is 2. The Labute approximate surface area is 114 Å². The minimum atomic E-state index is 0.0825. The van der Waals surface area contributed by atoms with Crippen molar-refractivity contribution in [1.29, 1.82) is 0 Å². The molecule has 0 fully saturated rings. The molecule has 1 aromatic carbocycles. The number of hydrazine groups is 1. The largest absolute Gasteiger partial charge is 0.271 e. The molecule has 3 nitrogen and oxygen atoms in total. The summed E-state index contributed by atoms with van der Waals surface area (Å²) < 4.78 is 0. The van der Waals surface area contributed by atoms with Crippen molar-refractivity contribution in [3.05, 3.63) is 53.7 Å². The second kappa shape index (κ2) is 5.95. The molecule has 2 rings (SSSR count). The average molecular weight is 255 g/mol. The van der Waals surface area contributed by atoms with E-state index in [0.717, 1.165) is 29.4 Å². The number of nitrogens with zero attached hydrogens (tertiary/aromatic N) is 1. The molecule has 0 aliphatic heterocycles. The molecular formula is C16H21N3. The molecule has 1 aromatic heterocycles. The zero-order valence-electron chi connectivity index (χ0n) is 11.6. The third-order valence-electron chi connectivity index (χ3n) is 3.45. The van der Waals surface area contributed by atoms with Gasteiger partial charge in [0.1, 0.15) is 0 Å². The Morgan fingerprint density at radius 1 is 1.42 bits per heavy atom. The van der Waals surface area contributed by atoms with Crippen molar-refractivity contribution < 1.29 is 0 Å². The normalized spacial score (nSPS) is 12.6. The Kier molecular flexibility index (Phi) is 4.30. The van der Waals surface area contributed by atoms with Gasteiger partial charge < -0.3 is 0 Å². The van der Waals surface area contributed by atoms with E-state index in [1.165, 1.54) is 11.1 Å². The van der Waals surface area contributed by atoms with Crippen LogP contribution in [0.4, 0.5) is 0 Å². The van der Waals surface area contributed by atoms with Gasteiger partial charge in [0.25, 0.3) is 0 Å². The highest BCUT2D eigenvalue weighted by Gasteiger charge is 2.14. The number of benzene rings is 1. The van der Waals surface area contributed by atoms with Gasteiger partial charge in [0.05, 0.1) is 11.6 Å². The molecule has 3 N–H and O–H groups in total. The van der Waals surface area contributed by atoms with Crippen LogP contribution in [-0.2, 0) is 0 Å². The number of aryl methyl sites for hydroxylation is 1. The lowest BCUT2D eigenvalue weighted by molar-refractivity contribution is 0.547. The lowest BCUT2D eigenvalue weighted by Gasteiger charge is -2.19. The van der Waals surface area contributed by atoms with Gasteiger partial charge in [-0.05, 0) is 37.5 Å². The summed E-state index contributed by atoms with van der Waals surface area (Å²) in [7, 11) is 0. The molecule has 0 saturated carbocycles. The lowest BCUT2D eigenvalue weighted by atomic mass is 9.95. The maximum atomic E-state index is 5.74. The number of pyridine rings is 1. The van der Waals surface area contributed by atoms with Crippen LogP contribution < -0.4 is 11.3 Å². The molecule has 1 atom stereocenters. The van der Waals surface area contributed by atoms with Gasteiger partial charge >= 0.3 is 0 Å². The monoisotopic (exact) mass is 255 g/mol. The van der Waals surface area contributed by atoms with Gasteiger partial charge in [0, 0.05) is 11.1 Å². The molecular weight excluding hydrogens is 234 g/mol. The van der Waals surface area contributed by atoms with Crippen LogP contribution in [0.1, 0.15) is 37.1 Å². The number of aromatic nitrogens is 1. The summed E-state index contributed by atoms with van der Waals surface area (Å²) in [5.74, 6) is 5.74. The third kappa shape index (κ3) is 3.00. The van der Waals surface area contributed by atoms with Crippen LogP contribution >= 0.6 is 0 Å². The predicted molar refractivity (Wildman–Crippen MR) is 80.6 cm³/mol. The fourth-order valence-corrected chi connectivity index (χ4v) is 2.32. The van der Waals surface area contributed by atoms with E-state index in [2.05, 4.69) is 36.0 Å². The Bertz CT molecular complexity index is 590. The third-order valence-corrected chi connectivity index (χ3v) is 3.45. The molecule has 0 aliphatic rings. The van der Waals surface area contributed by atoms with Crippen LogP contribution in [0.3, 0.4) is 0 Å². The Morgan fingerprint density at radius 2 is 2.16 bits per heavy atom. The van der Waals surface area contributed by atoms with Gasteiger partial charge in [-0.15, -0.1) is 0 Å². The smallest absolute Gasteiger partial charge is 0.0708 e. The number of para-hydroxylation sites is 1. The van der Waals surface area contributed by atoms with E-state index < -0.39 is 0 Å². The van der Waals surface area contributed by atoms with Gasteiger partial charge in [0.15, 0.2) is 0 Å². The van der Waals surface area contributed by atoms with Gasteiger partial charge in [-0.3, -0.25) is 16.3 Å². The van der Waals surface area contributed by atoms with Gasteiger partial charge in [0.2, 0.25) is 0 Å². The van der Waals surface area contributed by atoms with E-state index in [9.17, 15) is 0 Å². The molecule has 2 aromatic rings. The highest BCUT2D eigenvalue weighted by Crippen LogP contribution is 2.28. The average Bonchev–Trinajstić information content (AvgIpc) is 2.43. The van der Waals surface area contributed by atoms with Crippen LogP contribution in [0.15, 0.2) is 42.5 Å². The van der Waals surface area contributed by atoms with Gasteiger partial charge in [-0.25, -0.2) is 0 Å². The van der Waals surface area contributed by atoms with Crippen molar-refractivity contribution in [3.8, 4) is 0 Å². The maximum absolute atomic E-state index is 5.74. The zero-order chi connectivity index (χ0) is 13.8. The molecule has 0 radical (unpaired) electrons. The molecule has 0 spiro atoms. The van der Waals surface area contributed by atoms with Crippen molar-refractivity contribution in [2.75, 3.05) is 0 Å². The van der Waals surface area contributed by atoms with Crippen LogP contribution in [-0.4, -0.2) is 4.98 Å². The minimum absolute atomic E-state index is 0.0825. The van der Waals surface area contributed by atoms with E-state index in [4.69, 9.17) is 5.84 Å². The molecule has 1 heterocycles. The van der Waals surface area contributed by atoms with Gasteiger partial charge in [-0.1, -0.05) is 37.3 Å². The topological polar surface area (TPSA) is 50.9 Å². The minimum Gasteiger partial charge on any atom is -0.271 e. The summed E-state index contributed by atoms with van der Waals surface area (Å²) in [6.07, 6.45) is 1.82. The van der Waals surface area contributed by atoms with E-state index in [1.807, 2.05) is 25.1 Å². The first-order valence-corrected chi connectivity index (χ1v) is 6.64. The SMILES string of the molecule is C=C(CC)CC(NN)c1cc(C)nc2ccccc12. The fourth-order valence-electron chi connectivity index (χ4n) is 2.32. The molecule has 19 heavy (non-hydrogen) atoms.